The molecule has 0 bridgehead atoms. The first kappa shape index (κ1) is 19.8. The summed E-state index contributed by atoms with van der Waals surface area (Å²) in [6.45, 7) is 4.77. The van der Waals surface area contributed by atoms with Gasteiger partial charge in [-0.25, -0.2) is 0 Å². The number of thioether (sulfide) groups is 1. The van der Waals surface area contributed by atoms with Crippen LogP contribution in [0.3, 0.4) is 0 Å². The molecule has 8 heteroatoms. The van der Waals surface area contributed by atoms with Crippen molar-refractivity contribution < 1.29 is 19.0 Å². The summed E-state index contributed by atoms with van der Waals surface area (Å²) in [5.74, 6) is 0.776. The highest BCUT2D eigenvalue weighted by atomic mass is 35.5. The maximum atomic E-state index is 12.5. The predicted octanol–water partition coefficient (Wildman–Crippen LogP) is 3.76. The van der Waals surface area contributed by atoms with Crippen molar-refractivity contribution in [2.45, 2.75) is 0 Å². The number of methoxy groups -OCH3 is 2. The fourth-order valence-corrected chi connectivity index (χ4v) is 3.71. The third kappa shape index (κ3) is 4.76. The van der Waals surface area contributed by atoms with Crippen LogP contribution in [-0.4, -0.2) is 49.1 Å². The fourth-order valence-electron chi connectivity index (χ4n) is 2.13. The van der Waals surface area contributed by atoms with Gasteiger partial charge in [-0.2, -0.15) is 0 Å². The van der Waals surface area contributed by atoms with E-state index >= 15 is 0 Å². The third-order valence-electron chi connectivity index (χ3n) is 3.29. The topological polar surface area (TPSA) is 48.0 Å². The van der Waals surface area contributed by atoms with E-state index in [9.17, 15) is 4.79 Å². The van der Waals surface area contributed by atoms with Crippen molar-refractivity contribution in [1.82, 2.24) is 4.90 Å². The summed E-state index contributed by atoms with van der Waals surface area (Å²) in [4.78, 5) is 14.5. The first-order chi connectivity index (χ1) is 12.0. The lowest BCUT2D eigenvalue weighted by Gasteiger charge is -2.13. The van der Waals surface area contributed by atoms with Crippen molar-refractivity contribution >= 4 is 51.9 Å². The van der Waals surface area contributed by atoms with Gasteiger partial charge in [-0.15, -0.1) is 0 Å². The standard InChI is InChI=1S/C17H18ClNO4S2/c1-4-6-23-15-12(18)8-11(9-13(15)22-3)10-14-16(20)19(5-7-21-2)17(24)25-14/h4,8-10H,1,5-7H2,2-3H3. The Morgan fingerprint density at radius 2 is 2.16 bits per heavy atom. The van der Waals surface area contributed by atoms with E-state index in [1.807, 2.05) is 0 Å². The number of halogens is 1. The average molecular weight is 400 g/mol. The Bertz CT molecular complexity index is 721. The van der Waals surface area contributed by atoms with E-state index in [2.05, 4.69) is 6.58 Å². The van der Waals surface area contributed by atoms with Gasteiger partial charge in [0.2, 0.25) is 0 Å². The summed E-state index contributed by atoms with van der Waals surface area (Å²) in [6.07, 6.45) is 3.35. The number of carbonyl (C=O) groups excluding carboxylic acids is 1. The number of thiocarbonyl (C=S) groups is 1. The van der Waals surface area contributed by atoms with Gasteiger partial charge in [0.05, 0.1) is 30.2 Å². The summed E-state index contributed by atoms with van der Waals surface area (Å²) in [5, 5.41) is 0.391. The predicted molar refractivity (Wildman–Crippen MR) is 105 cm³/mol. The molecule has 1 aromatic carbocycles. The molecule has 0 spiro atoms. The normalized spacial score (nSPS) is 15.8. The summed E-state index contributed by atoms with van der Waals surface area (Å²) in [5.41, 5.74) is 0.722. The fraction of sp³-hybridized carbons (Fsp3) is 0.294. The van der Waals surface area contributed by atoms with Crippen molar-refractivity contribution in [2.75, 3.05) is 34.0 Å². The zero-order valence-corrected chi connectivity index (χ0v) is 16.3. The van der Waals surface area contributed by atoms with Crippen LogP contribution in [0.1, 0.15) is 5.56 Å². The quantitative estimate of drug-likeness (QED) is 0.377. The Kier molecular flexibility index (Phi) is 7.31. The molecular weight excluding hydrogens is 382 g/mol. The molecule has 5 nitrogen and oxygen atoms in total. The van der Waals surface area contributed by atoms with Crippen LogP contribution in [0.5, 0.6) is 11.5 Å². The van der Waals surface area contributed by atoms with Crippen LogP contribution >= 0.6 is 35.6 Å². The molecule has 0 aliphatic carbocycles. The van der Waals surface area contributed by atoms with Crippen LogP contribution in [-0.2, 0) is 9.53 Å². The van der Waals surface area contributed by atoms with Gasteiger partial charge in [0.25, 0.3) is 5.91 Å². The highest BCUT2D eigenvalue weighted by Gasteiger charge is 2.31. The molecule has 2 rings (SSSR count). The second-order valence-electron chi connectivity index (χ2n) is 4.96. The van der Waals surface area contributed by atoms with E-state index in [-0.39, 0.29) is 5.91 Å². The molecule has 0 N–H and O–H groups in total. The Hall–Kier alpha value is -1.54. The van der Waals surface area contributed by atoms with E-state index in [4.69, 9.17) is 38.0 Å². The van der Waals surface area contributed by atoms with E-state index in [1.54, 1.807) is 31.4 Å². The minimum Gasteiger partial charge on any atom is -0.493 e. The van der Waals surface area contributed by atoms with E-state index < -0.39 is 0 Å². The number of hydrogen-bond acceptors (Lipinski definition) is 6. The molecule has 1 fully saturated rings. The number of ether oxygens (including phenoxy) is 3. The molecule has 1 heterocycles. The SMILES string of the molecule is C=CCOc1c(Cl)cc(C=C2SC(=S)N(CCOC)C2=O)cc1OC. The van der Waals surface area contributed by atoms with Crippen LogP contribution in [0.2, 0.25) is 5.02 Å². The lowest BCUT2D eigenvalue weighted by molar-refractivity contribution is -0.122. The second-order valence-corrected chi connectivity index (χ2v) is 7.04. The second kappa shape index (κ2) is 9.24. The molecule has 0 unspecified atom stereocenters. The maximum absolute atomic E-state index is 12.5. The average Bonchev–Trinajstić information content (AvgIpc) is 2.85. The molecule has 0 saturated carbocycles. The lowest BCUT2D eigenvalue weighted by Crippen LogP contribution is -2.31. The van der Waals surface area contributed by atoms with Crippen LogP contribution in [0.15, 0.2) is 29.7 Å². The molecule has 1 amide bonds. The summed E-state index contributed by atoms with van der Waals surface area (Å²) < 4.78 is 16.4. The monoisotopic (exact) mass is 399 g/mol. The summed E-state index contributed by atoms with van der Waals surface area (Å²) in [6, 6.07) is 3.47. The number of benzene rings is 1. The molecule has 1 aliphatic rings. The Balaban J connectivity index is 2.28. The first-order valence-corrected chi connectivity index (χ1v) is 8.97. The largest absolute Gasteiger partial charge is 0.493 e. The number of nitrogens with zero attached hydrogens (tertiary/aromatic N) is 1. The number of hydrogen-bond donors (Lipinski definition) is 0. The molecule has 1 saturated heterocycles. The number of amides is 1. The van der Waals surface area contributed by atoms with Crippen molar-refractivity contribution in [2.24, 2.45) is 0 Å². The van der Waals surface area contributed by atoms with Crippen molar-refractivity contribution in [3.8, 4) is 11.5 Å². The minimum absolute atomic E-state index is 0.144. The third-order valence-corrected chi connectivity index (χ3v) is 4.95. The van der Waals surface area contributed by atoms with Crippen molar-refractivity contribution in [3.63, 3.8) is 0 Å². The molecule has 1 aliphatic heterocycles. The van der Waals surface area contributed by atoms with Gasteiger partial charge < -0.3 is 14.2 Å². The molecule has 1 aromatic rings. The van der Waals surface area contributed by atoms with Gasteiger partial charge in [0, 0.05) is 7.11 Å². The Morgan fingerprint density at radius 1 is 1.40 bits per heavy atom. The van der Waals surface area contributed by atoms with Crippen molar-refractivity contribution in [3.05, 3.63) is 40.3 Å². The molecule has 134 valence electrons. The van der Waals surface area contributed by atoms with Gasteiger partial charge in [-0.3, -0.25) is 9.69 Å². The molecule has 0 atom stereocenters. The Labute approximate surface area is 161 Å². The van der Waals surface area contributed by atoms with Gasteiger partial charge >= 0.3 is 0 Å². The van der Waals surface area contributed by atoms with Gasteiger partial charge in [0.15, 0.2) is 11.5 Å². The van der Waals surface area contributed by atoms with Crippen LogP contribution < -0.4 is 9.47 Å². The lowest BCUT2D eigenvalue weighted by atomic mass is 10.1. The van der Waals surface area contributed by atoms with Crippen molar-refractivity contribution in [1.29, 1.82) is 0 Å². The highest BCUT2D eigenvalue weighted by Crippen LogP contribution is 2.39. The van der Waals surface area contributed by atoms with Gasteiger partial charge in [0.1, 0.15) is 10.9 Å². The zero-order chi connectivity index (χ0) is 18.4. The van der Waals surface area contributed by atoms with Crippen LogP contribution in [0, 0.1) is 0 Å². The van der Waals surface area contributed by atoms with Crippen LogP contribution in [0.25, 0.3) is 6.08 Å². The summed E-state index contributed by atoms with van der Waals surface area (Å²) in [7, 11) is 3.11. The smallest absolute Gasteiger partial charge is 0.266 e. The van der Waals surface area contributed by atoms with Gasteiger partial charge in [-0.1, -0.05) is 48.2 Å². The molecule has 0 aromatic heterocycles. The number of carbonyl (C=O) groups is 1. The molecular formula is C17H18ClNO4S2. The maximum Gasteiger partial charge on any atom is 0.266 e. The number of rotatable bonds is 8. The van der Waals surface area contributed by atoms with E-state index in [0.29, 0.717) is 45.5 Å². The van der Waals surface area contributed by atoms with E-state index in [0.717, 1.165) is 5.56 Å². The molecule has 25 heavy (non-hydrogen) atoms. The zero-order valence-electron chi connectivity index (χ0n) is 13.9. The molecule has 0 radical (unpaired) electrons. The first-order valence-electron chi connectivity index (χ1n) is 7.37. The van der Waals surface area contributed by atoms with Crippen LogP contribution in [0.4, 0.5) is 0 Å². The highest BCUT2D eigenvalue weighted by molar-refractivity contribution is 8.26. The Morgan fingerprint density at radius 3 is 2.80 bits per heavy atom. The van der Waals surface area contributed by atoms with E-state index in [1.165, 1.54) is 23.8 Å². The minimum atomic E-state index is -0.144. The summed E-state index contributed by atoms with van der Waals surface area (Å²) >= 11 is 12.8. The van der Waals surface area contributed by atoms with Gasteiger partial charge in [-0.05, 0) is 23.8 Å².